The summed E-state index contributed by atoms with van der Waals surface area (Å²) in [5.74, 6) is 0.964. The molecule has 2 aliphatic rings. The van der Waals surface area contributed by atoms with Crippen LogP contribution < -0.4 is 4.74 Å². The van der Waals surface area contributed by atoms with Crippen molar-refractivity contribution in [2.24, 2.45) is 0 Å². The zero-order valence-corrected chi connectivity index (χ0v) is 12.9. The number of rotatable bonds is 4. The van der Waals surface area contributed by atoms with E-state index in [9.17, 15) is 5.11 Å². The van der Waals surface area contributed by atoms with Crippen LogP contribution in [-0.4, -0.2) is 48.1 Å². The Labute approximate surface area is 126 Å². The summed E-state index contributed by atoms with van der Waals surface area (Å²) in [7, 11) is 0. The topological polar surface area (TPSA) is 41.9 Å². The third-order valence-corrected chi connectivity index (χ3v) is 4.48. The summed E-state index contributed by atoms with van der Waals surface area (Å²) in [5, 5.41) is 9.76. The van der Waals surface area contributed by atoms with E-state index in [1.807, 2.05) is 12.1 Å². The Morgan fingerprint density at radius 1 is 1.43 bits per heavy atom. The smallest absolute Gasteiger partial charge is 0.122 e. The molecule has 1 heterocycles. The van der Waals surface area contributed by atoms with Gasteiger partial charge in [-0.1, -0.05) is 12.1 Å². The molecule has 1 saturated heterocycles. The van der Waals surface area contributed by atoms with Crippen LogP contribution in [0.3, 0.4) is 0 Å². The van der Waals surface area contributed by atoms with Crippen molar-refractivity contribution in [3.63, 3.8) is 0 Å². The minimum absolute atomic E-state index is 0.150. The van der Waals surface area contributed by atoms with Gasteiger partial charge in [-0.05, 0) is 50.3 Å². The summed E-state index contributed by atoms with van der Waals surface area (Å²) >= 11 is 0. The number of hydrogen-bond acceptors (Lipinski definition) is 4. The van der Waals surface area contributed by atoms with Crippen LogP contribution in [-0.2, 0) is 17.6 Å². The van der Waals surface area contributed by atoms with E-state index in [0.717, 1.165) is 31.6 Å². The van der Waals surface area contributed by atoms with E-state index < -0.39 is 0 Å². The van der Waals surface area contributed by atoms with E-state index in [4.69, 9.17) is 9.47 Å². The molecule has 2 unspecified atom stereocenters. The molecule has 3 rings (SSSR count). The molecular formula is C17H25NO3. The number of benzene rings is 1. The number of nitrogens with zero attached hydrogens (tertiary/aromatic N) is 1. The zero-order valence-electron chi connectivity index (χ0n) is 12.9. The van der Waals surface area contributed by atoms with Crippen molar-refractivity contribution < 1.29 is 14.6 Å². The number of aliphatic hydroxyl groups excluding tert-OH is 1. The van der Waals surface area contributed by atoms with Gasteiger partial charge in [-0.15, -0.1) is 0 Å². The quantitative estimate of drug-likeness (QED) is 0.921. The average Bonchev–Trinajstić information content (AvgIpc) is 2.93. The molecule has 2 atom stereocenters. The minimum Gasteiger partial charge on any atom is -0.491 e. The summed E-state index contributed by atoms with van der Waals surface area (Å²) < 4.78 is 11.8. The van der Waals surface area contributed by atoms with E-state index in [-0.39, 0.29) is 12.2 Å². The number of fused-ring (bicyclic) bond motifs is 1. The molecule has 21 heavy (non-hydrogen) atoms. The lowest BCUT2D eigenvalue weighted by Crippen LogP contribution is -2.30. The number of ether oxygens (including phenoxy) is 2. The first-order valence-corrected chi connectivity index (χ1v) is 7.90. The average molecular weight is 291 g/mol. The van der Waals surface area contributed by atoms with Crippen LogP contribution in [0.4, 0.5) is 0 Å². The molecule has 1 aliphatic heterocycles. The fraction of sp³-hybridized carbons (Fsp3) is 0.647. The molecule has 1 aromatic carbocycles. The second-order valence-corrected chi connectivity index (χ2v) is 6.38. The lowest BCUT2D eigenvalue weighted by Gasteiger charge is -2.23. The van der Waals surface area contributed by atoms with Gasteiger partial charge in [0.2, 0.25) is 0 Å². The Kier molecular flexibility index (Phi) is 4.48. The Hall–Kier alpha value is -1.10. The molecule has 4 heteroatoms. The highest BCUT2D eigenvalue weighted by Gasteiger charge is 2.26. The molecule has 1 aliphatic carbocycles. The van der Waals surface area contributed by atoms with Gasteiger partial charge in [0.25, 0.3) is 0 Å². The van der Waals surface area contributed by atoms with E-state index in [0.29, 0.717) is 19.4 Å². The Balaban J connectivity index is 1.60. The highest BCUT2D eigenvalue weighted by molar-refractivity contribution is 5.42. The monoisotopic (exact) mass is 291 g/mol. The lowest BCUT2D eigenvalue weighted by molar-refractivity contribution is 0.0546. The molecule has 1 fully saturated rings. The molecular weight excluding hydrogens is 266 g/mol. The molecule has 0 spiro atoms. The van der Waals surface area contributed by atoms with Crippen molar-refractivity contribution in [1.82, 2.24) is 4.90 Å². The summed E-state index contributed by atoms with van der Waals surface area (Å²) in [6.45, 7) is 6.61. The fourth-order valence-electron chi connectivity index (χ4n) is 3.10. The second-order valence-electron chi connectivity index (χ2n) is 6.38. The molecule has 0 amide bonds. The predicted octanol–water partition coefficient (Wildman–Crippen LogP) is 1.98. The predicted molar refractivity (Wildman–Crippen MR) is 81.6 cm³/mol. The molecule has 116 valence electrons. The maximum Gasteiger partial charge on any atom is 0.122 e. The molecule has 4 nitrogen and oxygen atoms in total. The van der Waals surface area contributed by atoms with Crippen LogP contribution in [0.5, 0.6) is 5.75 Å². The van der Waals surface area contributed by atoms with Gasteiger partial charge in [0.05, 0.1) is 12.8 Å². The number of aliphatic hydroxyl groups is 1. The third-order valence-electron chi connectivity index (χ3n) is 4.48. The first-order valence-electron chi connectivity index (χ1n) is 7.90. The fourth-order valence-corrected chi connectivity index (χ4v) is 3.10. The van der Waals surface area contributed by atoms with Crippen molar-refractivity contribution in [1.29, 1.82) is 0 Å². The van der Waals surface area contributed by atoms with E-state index in [1.165, 1.54) is 11.1 Å². The van der Waals surface area contributed by atoms with Crippen LogP contribution >= 0.6 is 0 Å². The highest BCUT2D eigenvalue weighted by atomic mass is 16.5. The van der Waals surface area contributed by atoms with Crippen molar-refractivity contribution >= 4 is 0 Å². The Morgan fingerprint density at radius 3 is 3.05 bits per heavy atom. The molecule has 0 radical (unpaired) electrons. The summed E-state index contributed by atoms with van der Waals surface area (Å²) in [5.41, 5.74) is 2.49. The third kappa shape index (κ3) is 3.39. The van der Waals surface area contributed by atoms with Crippen LogP contribution in [0.15, 0.2) is 18.2 Å². The zero-order chi connectivity index (χ0) is 14.8. The molecule has 0 bridgehead atoms. The Bertz CT molecular complexity index is 489. The maximum atomic E-state index is 9.76. The minimum atomic E-state index is -0.203. The number of hydrogen-bond donors (Lipinski definition) is 1. The van der Waals surface area contributed by atoms with E-state index >= 15 is 0 Å². The molecule has 0 saturated carbocycles. The van der Waals surface area contributed by atoms with Gasteiger partial charge in [-0.25, -0.2) is 0 Å². The van der Waals surface area contributed by atoms with Crippen molar-refractivity contribution in [2.75, 3.05) is 19.9 Å². The molecule has 1 N–H and O–H groups in total. The SMILES string of the molecule is CC(C)N1COC(COc2cccc3c2CCC(O)C3)C1. The normalized spacial score (nSPS) is 26.1. The van der Waals surface area contributed by atoms with Crippen LogP contribution in [0.25, 0.3) is 0 Å². The van der Waals surface area contributed by atoms with Gasteiger partial charge < -0.3 is 14.6 Å². The van der Waals surface area contributed by atoms with Crippen LogP contribution in [0.1, 0.15) is 31.4 Å². The van der Waals surface area contributed by atoms with Crippen molar-refractivity contribution in [3.8, 4) is 5.75 Å². The van der Waals surface area contributed by atoms with Gasteiger partial charge in [0, 0.05) is 12.6 Å². The van der Waals surface area contributed by atoms with E-state index in [1.54, 1.807) is 0 Å². The van der Waals surface area contributed by atoms with Gasteiger partial charge in [-0.3, -0.25) is 4.90 Å². The summed E-state index contributed by atoms with van der Waals surface area (Å²) in [6.07, 6.45) is 2.42. The maximum absolute atomic E-state index is 9.76. The van der Waals surface area contributed by atoms with Gasteiger partial charge in [0.1, 0.15) is 18.5 Å². The van der Waals surface area contributed by atoms with Gasteiger partial charge in [0.15, 0.2) is 0 Å². The highest BCUT2D eigenvalue weighted by Crippen LogP contribution is 2.30. The molecule has 1 aromatic rings. The van der Waals surface area contributed by atoms with Gasteiger partial charge >= 0.3 is 0 Å². The van der Waals surface area contributed by atoms with Crippen molar-refractivity contribution in [2.45, 2.75) is 51.4 Å². The van der Waals surface area contributed by atoms with Gasteiger partial charge in [-0.2, -0.15) is 0 Å². The summed E-state index contributed by atoms with van der Waals surface area (Å²) in [4.78, 5) is 2.31. The van der Waals surface area contributed by atoms with Crippen molar-refractivity contribution in [3.05, 3.63) is 29.3 Å². The Morgan fingerprint density at radius 2 is 2.29 bits per heavy atom. The standard InChI is InChI=1S/C17H25NO3/c1-12(2)18-9-15(21-11-18)10-20-17-5-3-4-13-8-14(19)6-7-16(13)17/h3-5,12,14-15,19H,6-11H2,1-2H3. The second kappa shape index (κ2) is 6.34. The lowest BCUT2D eigenvalue weighted by atomic mass is 9.89. The largest absolute Gasteiger partial charge is 0.491 e. The van der Waals surface area contributed by atoms with E-state index in [2.05, 4.69) is 24.8 Å². The van der Waals surface area contributed by atoms with Crippen LogP contribution in [0, 0.1) is 0 Å². The molecule has 0 aromatic heterocycles. The first-order chi connectivity index (χ1) is 10.1. The first kappa shape index (κ1) is 14.8. The summed E-state index contributed by atoms with van der Waals surface area (Å²) in [6, 6.07) is 6.66. The van der Waals surface area contributed by atoms with Crippen LogP contribution in [0.2, 0.25) is 0 Å².